The molecule has 3 heteroatoms. The molecule has 0 saturated carbocycles. The molecule has 1 aliphatic heterocycles. The number of nitrogens with one attached hydrogen (secondary N) is 1. The van der Waals surface area contributed by atoms with Gasteiger partial charge in [0.25, 0.3) is 6.02 Å². The number of aliphatic imine (C=N–C) groups is 1. The van der Waals surface area contributed by atoms with E-state index >= 15 is 0 Å². The molecule has 0 aromatic carbocycles. The Hall–Kier alpha value is -0.730. The number of rotatable bonds is 1. The lowest BCUT2D eigenvalue weighted by atomic mass is 10.4. The standard InChI is InChI=1S/C7H14N2O/c1-5(2)9-7-8-4-6(3)10-7/h5-6H,4H2,1-3H3,(H,8,9). The van der Waals surface area contributed by atoms with Crippen LogP contribution in [0.3, 0.4) is 0 Å². The Morgan fingerprint density at radius 3 is 2.80 bits per heavy atom. The summed E-state index contributed by atoms with van der Waals surface area (Å²) in [7, 11) is 0. The van der Waals surface area contributed by atoms with Crippen LogP contribution in [0.5, 0.6) is 0 Å². The fourth-order valence-electron chi connectivity index (χ4n) is 0.803. The minimum absolute atomic E-state index is 0.251. The Morgan fingerprint density at radius 1 is 1.70 bits per heavy atom. The highest BCUT2D eigenvalue weighted by Gasteiger charge is 2.14. The first kappa shape index (κ1) is 7.38. The van der Waals surface area contributed by atoms with Crippen LogP contribution >= 0.6 is 0 Å². The van der Waals surface area contributed by atoms with Crippen LogP contribution in [0.2, 0.25) is 0 Å². The molecule has 1 unspecified atom stereocenters. The Kier molecular flexibility index (Phi) is 2.14. The van der Waals surface area contributed by atoms with Crippen molar-refractivity contribution in [1.82, 2.24) is 5.32 Å². The first-order valence-corrected chi connectivity index (χ1v) is 3.66. The van der Waals surface area contributed by atoms with Gasteiger partial charge in [-0.15, -0.1) is 0 Å². The van der Waals surface area contributed by atoms with Crippen molar-refractivity contribution >= 4 is 6.02 Å². The van der Waals surface area contributed by atoms with Gasteiger partial charge in [0.05, 0.1) is 6.54 Å². The molecule has 0 fully saturated rings. The Morgan fingerprint density at radius 2 is 2.40 bits per heavy atom. The third-order valence-corrected chi connectivity index (χ3v) is 1.22. The van der Waals surface area contributed by atoms with Crippen LogP contribution in [0.1, 0.15) is 20.8 Å². The average Bonchev–Trinajstić information content (AvgIpc) is 2.13. The first-order chi connectivity index (χ1) is 4.68. The molecule has 58 valence electrons. The third kappa shape index (κ3) is 1.90. The quantitative estimate of drug-likeness (QED) is 0.586. The van der Waals surface area contributed by atoms with Crippen LogP contribution in [0.25, 0.3) is 0 Å². The zero-order valence-corrected chi connectivity index (χ0v) is 6.72. The number of hydrogen-bond acceptors (Lipinski definition) is 3. The van der Waals surface area contributed by atoms with Crippen LogP contribution in [0, 0.1) is 0 Å². The van der Waals surface area contributed by atoms with Crippen molar-refractivity contribution in [2.45, 2.75) is 32.9 Å². The zero-order valence-electron chi connectivity index (χ0n) is 6.72. The highest BCUT2D eigenvalue weighted by atomic mass is 16.5. The van der Waals surface area contributed by atoms with E-state index in [2.05, 4.69) is 24.2 Å². The second-order valence-electron chi connectivity index (χ2n) is 2.87. The summed E-state index contributed by atoms with van der Waals surface area (Å²) in [6, 6.07) is 1.10. The Bertz CT molecular complexity index is 143. The maximum Gasteiger partial charge on any atom is 0.285 e. The number of nitrogens with zero attached hydrogens (tertiary/aromatic N) is 1. The first-order valence-electron chi connectivity index (χ1n) is 3.66. The van der Waals surface area contributed by atoms with E-state index in [4.69, 9.17) is 4.74 Å². The molecule has 1 atom stereocenters. The fraction of sp³-hybridized carbons (Fsp3) is 0.857. The molecule has 0 spiro atoms. The molecule has 10 heavy (non-hydrogen) atoms. The van der Waals surface area contributed by atoms with Gasteiger partial charge in [-0.2, -0.15) is 0 Å². The third-order valence-electron chi connectivity index (χ3n) is 1.22. The van der Waals surface area contributed by atoms with Crippen molar-refractivity contribution in [2.75, 3.05) is 6.54 Å². The van der Waals surface area contributed by atoms with Crippen LogP contribution in [-0.4, -0.2) is 24.7 Å². The molecule has 1 heterocycles. The molecule has 0 radical (unpaired) electrons. The van der Waals surface area contributed by atoms with E-state index in [1.807, 2.05) is 6.92 Å². The van der Waals surface area contributed by atoms with Crippen LogP contribution in [0.4, 0.5) is 0 Å². The van der Waals surface area contributed by atoms with Crippen LogP contribution in [0.15, 0.2) is 4.99 Å². The van der Waals surface area contributed by atoms with Gasteiger partial charge in [0.2, 0.25) is 0 Å². The summed E-state index contributed by atoms with van der Waals surface area (Å²) in [6.45, 7) is 6.93. The highest BCUT2D eigenvalue weighted by Crippen LogP contribution is 2.01. The summed E-state index contributed by atoms with van der Waals surface area (Å²) in [5, 5.41) is 3.10. The van der Waals surface area contributed by atoms with E-state index in [0.717, 1.165) is 6.54 Å². The zero-order chi connectivity index (χ0) is 7.56. The minimum Gasteiger partial charge on any atom is -0.460 e. The maximum absolute atomic E-state index is 5.31. The van der Waals surface area contributed by atoms with E-state index in [9.17, 15) is 0 Å². The molecule has 1 rings (SSSR count). The predicted molar refractivity (Wildman–Crippen MR) is 41.1 cm³/mol. The Labute approximate surface area is 61.5 Å². The maximum atomic E-state index is 5.31. The number of amidine groups is 1. The van der Waals surface area contributed by atoms with E-state index in [1.54, 1.807) is 0 Å². The molecule has 0 aromatic heterocycles. The van der Waals surface area contributed by atoms with Gasteiger partial charge in [-0.25, -0.2) is 4.99 Å². The molecule has 0 bridgehead atoms. The van der Waals surface area contributed by atoms with Crippen LogP contribution < -0.4 is 5.32 Å². The lowest BCUT2D eigenvalue weighted by Gasteiger charge is -2.09. The molecule has 1 N–H and O–H groups in total. The van der Waals surface area contributed by atoms with Gasteiger partial charge in [-0.1, -0.05) is 0 Å². The monoisotopic (exact) mass is 142 g/mol. The molecule has 1 aliphatic rings. The summed E-state index contributed by atoms with van der Waals surface area (Å²) in [5.41, 5.74) is 0. The lowest BCUT2D eigenvalue weighted by Crippen LogP contribution is -2.31. The van der Waals surface area contributed by atoms with Crippen molar-refractivity contribution < 1.29 is 4.74 Å². The SMILES string of the molecule is CC(C)NC1=NCC(C)O1. The van der Waals surface area contributed by atoms with Gasteiger partial charge in [0, 0.05) is 6.04 Å². The predicted octanol–water partition coefficient (Wildman–Crippen LogP) is 0.759. The van der Waals surface area contributed by atoms with Gasteiger partial charge < -0.3 is 10.1 Å². The molecule has 0 saturated heterocycles. The summed E-state index contributed by atoms with van der Waals surface area (Å²) < 4.78 is 5.31. The summed E-state index contributed by atoms with van der Waals surface area (Å²) in [4.78, 5) is 4.14. The highest BCUT2D eigenvalue weighted by molar-refractivity contribution is 5.75. The topological polar surface area (TPSA) is 33.6 Å². The van der Waals surface area contributed by atoms with Crippen molar-refractivity contribution in [3.8, 4) is 0 Å². The van der Waals surface area contributed by atoms with Gasteiger partial charge in [-0.05, 0) is 20.8 Å². The second-order valence-corrected chi connectivity index (χ2v) is 2.87. The van der Waals surface area contributed by atoms with E-state index in [0.29, 0.717) is 12.1 Å². The Balaban J connectivity index is 2.30. The van der Waals surface area contributed by atoms with Crippen molar-refractivity contribution in [2.24, 2.45) is 4.99 Å². The molecule has 0 aromatic rings. The van der Waals surface area contributed by atoms with Gasteiger partial charge >= 0.3 is 0 Å². The van der Waals surface area contributed by atoms with E-state index < -0.39 is 0 Å². The van der Waals surface area contributed by atoms with E-state index in [1.165, 1.54) is 0 Å². The smallest absolute Gasteiger partial charge is 0.285 e. The second kappa shape index (κ2) is 2.90. The van der Waals surface area contributed by atoms with Gasteiger partial charge in [-0.3, -0.25) is 0 Å². The van der Waals surface area contributed by atoms with Crippen molar-refractivity contribution in [3.63, 3.8) is 0 Å². The van der Waals surface area contributed by atoms with Crippen LogP contribution in [-0.2, 0) is 4.74 Å². The normalized spacial score (nSPS) is 24.4. The minimum atomic E-state index is 0.251. The number of ether oxygens (including phenoxy) is 1. The molecule has 0 amide bonds. The van der Waals surface area contributed by atoms with Crippen molar-refractivity contribution in [3.05, 3.63) is 0 Å². The average molecular weight is 142 g/mol. The molecular weight excluding hydrogens is 128 g/mol. The van der Waals surface area contributed by atoms with Crippen molar-refractivity contribution in [1.29, 1.82) is 0 Å². The summed E-state index contributed by atoms with van der Waals surface area (Å²) in [6.07, 6.45) is 0.251. The molecule has 0 aliphatic carbocycles. The van der Waals surface area contributed by atoms with Gasteiger partial charge in [0.15, 0.2) is 0 Å². The largest absolute Gasteiger partial charge is 0.460 e. The van der Waals surface area contributed by atoms with E-state index in [-0.39, 0.29) is 6.10 Å². The summed E-state index contributed by atoms with van der Waals surface area (Å²) in [5.74, 6) is 0. The van der Waals surface area contributed by atoms with Gasteiger partial charge in [0.1, 0.15) is 6.10 Å². The summed E-state index contributed by atoms with van der Waals surface area (Å²) >= 11 is 0. The number of hydrogen-bond donors (Lipinski definition) is 1. The molecular formula is C7H14N2O. The molecule has 3 nitrogen and oxygen atoms in total. The fourth-order valence-corrected chi connectivity index (χ4v) is 0.803. The lowest BCUT2D eigenvalue weighted by molar-refractivity contribution is 0.233.